The van der Waals surface area contributed by atoms with Gasteiger partial charge >= 0.3 is 6.18 Å². The van der Waals surface area contributed by atoms with Crippen LogP contribution < -0.4 is 4.90 Å². The Balaban J connectivity index is 1.41. The van der Waals surface area contributed by atoms with E-state index in [0.717, 1.165) is 40.1 Å². The number of carbonyl (C=O) groups is 1. The molecule has 0 N–H and O–H groups in total. The molecule has 1 aliphatic rings. The van der Waals surface area contributed by atoms with Gasteiger partial charge in [-0.15, -0.1) is 0 Å². The van der Waals surface area contributed by atoms with E-state index in [-0.39, 0.29) is 30.8 Å². The van der Waals surface area contributed by atoms with Gasteiger partial charge < -0.3 is 14.2 Å². The van der Waals surface area contributed by atoms with E-state index in [2.05, 4.69) is 4.90 Å². The number of ketones is 1. The Bertz CT molecular complexity index is 1470. The number of benzene rings is 2. The van der Waals surface area contributed by atoms with Crippen molar-refractivity contribution in [1.29, 1.82) is 0 Å². The van der Waals surface area contributed by atoms with Crippen LogP contribution in [0, 0.1) is 0 Å². The number of Topliss-reactive ketones (excluding diaryl/α,β-unsaturated/α-hetero) is 1. The topological polar surface area (TPSA) is 60.2 Å². The molecular formula is C29H29F3N4O2. The van der Waals surface area contributed by atoms with Crippen LogP contribution >= 0.6 is 0 Å². The van der Waals surface area contributed by atoms with Gasteiger partial charge in [0.05, 0.1) is 23.3 Å². The maximum atomic E-state index is 13.0. The Kier molecular flexibility index (Phi) is 6.96. The second-order valence-electron chi connectivity index (χ2n) is 9.98. The van der Waals surface area contributed by atoms with Crippen molar-refractivity contribution in [2.45, 2.75) is 45.1 Å². The smallest absolute Gasteiger partial charge is 0.372 e. The maximum absolute atomic E-state index is 13.0. The monoisotopic (exact) mass is 522 g/mol. The fourth-order valence-electron chi connectivity index (χ4n) is 5.07. The molecule has 2 aromatic heterocycles. The summed E-state index contributed by atoms with van der Waals surface area (Å²) in [6, 6.07) is 14.3. The largest absolute Gasteiger partial charge is 0.416 e. The van der Waals surface area contributed by atoms with E-state index < -0.39 is 11.7 Å². The lowest BCUT2D eigenvalue weighted by Gasteiger charge is -2.36. The van der Waals surface area contributed by atoms with E-state index in [1.165, 1.54) is 6.07 Å². The minimum absolute atomic E-state index is 0.0682. The van der Waals surface area contributed by atoms with Crippen LogP contribution in [0.3, 0.4) is 0 Å². The molecular weight excluding hydrogens is 493 g/mol. The predicted octanol–water partition coefficient (Wildman–Crippen LogP) is 5.62. The average Bonchev–Trinajstić information content (AvgIpc) is 3.23. The summed E-state index contributed by atoms with van der Waals surface area (Å²) in [6.45, 7) is 5.52. The molecule has 5 rings (SSSR count). The van der Waals surface area contributed by atoms with E-state index in [0.29, 0.717) is 24.5 Å². The maximum Gasteiger partial charge on any atom is 0.416 e. The third-order valence-corrected chi connectivity index (χ3v) is 6.66. The minimum atomic E-state index is -4.44. The molecule has 6 nitrogen and oxygen atoms in total. The first-order chi connectivity index (χ1) is 18.1. The molecule has 1 saturated heterocycles. The molecule has 0 amide bonds. The standard InChI is InChI=1S/C29H29F3N4O2/c1-18-16-36(17-19(2)38-18)28-26-25(10-11-35(26)3)33-27(34-28)22-8-4-6-20(12-22)14-24(37)15-21-7-5-9-23(13-21)29(30,31)32/h4-13,18-19H,14-17H2,1-3H3. The molecule has 9 heteroatoms. The van der Waals surface area contributed by atoms with Crippen molar-refractivity contribution in [3.05, 3.63) is 77.5 Å². The molecule has 2 atom stereocenters. The van der Waals surface area contributed by atoms with Gasteiger partial charge in [-0.1, -0.05) is 36.4 Å². The van der Waals surface area contributed by atoms with Crippen LogP contribution in [0.15, 0.2) is 60.8 Å². The summed E-state index contributed by atoms with van der Waals surface area (Å²) < 4.78 is 47.0. The Morgan fingerprint density at radius 1 is 0.974 bits per heavy atom. The molecule has 3 heterocycles. The van der Waals surface area contributed by atoms with E-state index in [4.69, 9.17) is 14.7 Å². The molecule has 0 bridgehead atoms. The SMILES string of the molecule is CC1CN(c2nc(-c3cccc(CC(=O)Cc4cccc(C(F)(F)F)c4)c3)nc3ccn(C)c23)CC(C)O1. The second kappa shape index (κ2) is 10.2. The molecule has 2 aromatic carbocycles. The van der Waals surface area contributed by atoms with E-state index in [1.807, 2.05) is 62.0 Å². The van der Waals surface area contributed by atoms with E-state index >= 15 is 0 Å². The van der Waals surface area contributed by atoms with Crippen LogP contribution in [0.2, 0.25) is 0 Å². The molecule has 0 radical (unpaired) electrons. The molecule has 1 fully saturated rings. The molecule has 198 valence electrons. The Hall–Kier alpha value is -3.72. The number of ether oxygens (including phenoxy) is 1. The normalized spacial score (nSPS) is 18.2. The summed E-state index contributed by atoms with van der Waals surface area (Å²) in [6.07, 6.45) is -2.31. The van der Waals surface area contributed by atoms with Crippen LogP contribution in [-0.4, -0.2) is 45.6 Å². The van der Waals surface area contributed by atoms with Gasteiger partial charge in [0.15, 0.2) is 11.6 Å². The second-order valence-corrected chi connectivity index (χ2v) is 9.98. The van der Waals surface area contributed by atoms with Crippen LogP contribution in [-0.2, 0) is 35.6 Å². The zero-order chi connectivity index (χ0) is 27.0. The Morgan fingerprint density at radius 2 is 1.63 bits per heavy atom. The number of hydrogen-bond donors (Lipinski definition) is 0. The lowest BCUT2D eigenvalue weighted by atomic mass is 10.00. The first kappa shape index (κ1) is 25.9. The van der Waals surface area contributed by atoms with Crippen molar-refractivity contribution in [2.24, 2.45) is 7.05 Å². The Morgan fingerprint density at radius 3 is 2.32 bits per heavy atom. The predicted molar refractivity (Wildman–Crippen MR) is 140 cm³/mol. The van der Waals surface area contributed by atoms with Gasteiger partial charge in [-0.2, -0.15) is 13.2 Å². The third kappa shape index (κ3) is 5.57. The van der Waals surface area contributed by atoms with Crippen molar-refractivity contribution in [1.82, 2.24) is 14.5 Å². The highest BCUT2D eigenvalue weighted by Gasteiger charge is 2.30. The highest BCUT2D eigenvalue weighted by Crippen LogP contribution is 2.31. The number of morpholine rings is 1. The number of alkyl halides is 3. The van der Waals surface area contributed by atoms with Crippen molar-refractivity contribution >= 4 is 22.6 Å². The van der Waals surface area contributed by atoms with E-state index in [1.54, 1.807) is 6.07 Å². The number of rotatable bonds is 6. The summed E-state index contributed by atoms with van der Waals surface area (Å²) in [4.78, 5) is 24.8. The fourth-order valence-corrected chi connectivity index (χ4v) is 5.07. The number of aromatic nitrogens is 3. The summed E-state index contributed by atoms with van der Waals surface area (Å²) in [5, 5.41) is 0. The van der Waals surface area contributed by atoms with Crippen LogP contribution in [0.5, 0.6) is 0 Å². The average molecular weight is 523 g/mol. The molecule has 2 unspecified atom stereocenters. The number of aryl methyl sites for hydroxylation is 1. The van der Waals surface area contributed by atoms with Gasteiger partial charge in [0.1, 0.15) is 11.3 Å². The van der Waals surface area contributed by atoms with Gasteiger partial charge in [0.2, 0.25) is 0 Å². The van der Waals surface area contributed by atoms with Gasteiger partial charge in [-0.3, -0.25) is 4.79 Å². The summed E-state index contributed by atoms with van der Waals surface area (Å²) in [5.74, 6) is 1.22. The highest BCUT2D eigenvalue weighted by molar-refractivity contribution is 5.89. The van der Waals surface area contributed by atoms with Crippen molar-refractivity contribution in [3.8, 4) is 11.4 Å². The molecule has 38 heavy (non-hydrogen) atoms. The van der Waals surface area contributed by atoms with Crippen LogP contribution in [0.4, 0.5) is 19.0 Å². The molecule has 0 aliphatic carbocycles. The Labute approximate surface area is 219 Å². The van der Waals surface area contributed by atoms with Crippen LogP contribution in [0.1, 0.15) is 30.5 Å². The van der Waals surface area contributed by atoms with Crippen LogP contribution in [0.25, 0.3) is 22.4 Å². The minimum Gasteiger partial charge on any atom is -0.372 e. The summed E-state index contributed by atoms with van der Waals surface area (Å²) in [5.41, 5.74) is 2.89. The summed E-state index contributed by atoms with van der Waals surface area (Å²) >= 11 is 0. The zero-order valence-corrected chi connectivity index (χ0v) is 21.5. The quantitative estimate of drug-likeness (QED) is 0.329. The molecule has 0 spiro atoms. The van der Waals surface area contributed by atoms with Gasteiger partial charge in [-0.25, -0.2) is 9.97 Å². The van der Waals surface area contributed by atoms with Gasteiger partial charge in [0.25, 0.3) is 0 Å². The first-order valence-electron chi connectivity index (χ1n) is 12.6. The third-order valence-electron chi connectivity index (χ3n) is 6.66. The number of halogens is 3. The number of fused-ring (bicyclic) bond motifs is 1. The lowest BCUT2D eigenvalue weighted by molar-refractivity contribution is -0.137. The number of anilines is 1. The number of nitrogens with zero attached hydrogens (tertiary/aromatic N) is 4. The van der Waals surface area contributed by atoms with Gasteiger partial charge in [0, 0.05) is 44.7 Å². The van der Waals surface area contributed by atoms with E-state index in [9.17, 15) is 18.0 Å². The molecule has 0 saturated carbocycles. The lowest BCUT2D eigenvalue weighted by Crippen LogP contribution is -2.46. The summed E-state index contributed by atoms with van der Waals surface area (Å²) in [7, 11) is 1.97. The number of hydrogen-bond acceptors (Lipinski definition) is 5. The number of carbonyl (C=O) groups excluding carboxylic acids is 1. The molecule has 4 aromatic rings. The van der Waals surface area contributed by atoms with Gasteiger partial charge in [-0.05, 0) is 43.2 Å². The zero-order valence-electron chi connectivity index (χ0n) is 21.5. The van der Waals surface area contributed by atoms with Crippen molar-refractivity contribution in [3.63, 3.8) is 0 Å². The van der Waals surface area contributed by atoms with Crippen molar-refractivity contribution < 1.29 is 22.7 Å². The van der Waals surface area contributed by atoms with Crippen molar-refractivity contribution in [2.75, 3.05) is 18.0 Å². The highest BCUT2D eigenvalue weighted by atomic mass is 19.4. The molecule has 1 aliphatic heterocycles. The first-order valence-corrected chi connectivity index (χ1v) is 12.6. The fraction of sp³-hybridized carbons (Fsp3) is 0.345.